The zero-order valence-electron chi connectivity index (χ0n) is 16.1. The Bertz CT molecular complexity index is 1150. The highest BCUT2D eigenvalue weighted by atomic mass is 32.2. The Hall–Kier alpha value is -2.88. The fourth-order valence-electron chi connectivity index (χ4n) is 3.75. The van der Waals surface area contributed by atoms with Gasteiger partial charge in [-0.05, 0) is 30.0 Å². The van der Waals surface area contributed by atoms with Crippen molar-refractivity contribution in [3.8, 4) is 22.3 Å². The number of nitrogen functional groups attached to an aromatic ring is 1. The van der Waals surface area contributed by atoms with Crippen molar-refractivity contribution < 1.29 is 17.9 Å². The Labute approximate surface area is 174 Å². The molecule has 1 atom stereocenters. The van der Waals surface area contributed by atoms with E-state index in [1.54, 1.807) is 42.7 Å². The minimum atomic E-state index is -4.11. The van der Waals surface area contributed by atoms with Gasteiger partial charge in [-0.15, -0.1) is 0 Å². The molecule has 1 aromatic heterocycles. The second-order valence-electron chi connectivity index (χ2n) is 7.12. The van der Waals surface area contributed by atoms with Gasteiger partial charge in [-0.25, -0.2) is 22.8 Å². The largest absolute Gasteiger partial charge is 0.395 e. The Morgan fingerprint density at radius 3 is 2.40 bits per heavy atom. The molecule has 3 aromatic rings. The average molecular weight is 428 g/mol. The van der Waals surface area contributed by atoms with Gasteiger partial charge in [0.25, 0.3) is 0 Å². The number of rotatable bonds is 5. The zero-order chi connectivity index (χ0) is 21.3. The molecule has 4 rings (SSSR count). The molecule has 3 N–H and O–H groups in total. The van der Waals surface area contributed by atoms with Crippen molar-refractivity contribution in [3.63, 3.8) is 0 Å². The van der Waals surface area contributed by atoms with Gasteiger partial charge in [0, 0.05) is 36.1 Å². The predicted octanol–water partition coefficient (Wildman–Crippen LogP) is 2.68. The summed E-state index contributed by atoms with van der Waals surface area (Å²) >= 11 is 0. The van der Waals surface area contributed by atoms with E-state index >= 15 is 0 Å². The van der Waals surface area contributed by atoms with E-state index in [1.165, 1.54) is 10.4 Å². The second-order valence-corrected chi connectivity index (χ2v) is 8.95. The summed E-state index contributed by atoms with van der Waals surface area (Å²) in [6, 6.07) is 10.7. The number of hydrogen-bond acceptors (Lipinski definition) is 6. The molecule has 156 valence electrons. The van der Waals surface area contributed by atoms with Gasteiger partial charge in [0.05, 0.1) is 6.61 Å². The Kier molecular flexibility index (Phi) is 5.50. The third-order valence-electron chi connectivity index (χ3n) is 5.27. The van der Waals surface area contributed by atoms with E-state index in [0.29, 0.717) is 18.4 Å². The van der Waals surface area contributed by atoms with E-state index in [2.05, 4.69) is 9.97 Å². The van der Waals surface area contributed by atoms with Crippen molar-refractivity contribution in [2.24, 2.45) is 0 Å². The number of aromatic nitrogens is 2. The monoisotopic (exact) mass is 428 g/mol. The first-order valence-electron chi connectivity index (χ1n) is 9.51. The molecule has 2 heterocycles. The van der Waals surface area contributed by atoms with Gasteiger partial charge in [0.15, 0.2) is 0 Å². The van der Waals surface area contributed by atoms with Gasteiger partial charge in [0.2, 0.25) is 16.0 Å². The molecule has 1 aliphatic rings. The van der Waals surface area contributed by atoms with E-state index in [0.717, 1.165) is 17.2 Å². The molecule has 9 heteroatoms. The minimum absolute atomic E-state index is 0.174. The third kappa shape index (κ3) is 3.67. The molecule has 0 spiro atoms. The predicted molar refractivity (Wildman–Crippen MR) is 111 cm³/mol. The number of sulfonamides is 1. The lowest BCUT2D eigenvalue weighted by Crippen LogP contribution is -2.38. The molecule has 0 unspecified atom stereocenters. The first kappa shape index (κ1) is 20.4. The molecule has 7 nitrogen and oxygen atoms in total. The van der Waals surface area contributed by atoms with Crippen LogP contribution in [-0.2, 0) is 10.0 Å². The van der Waals surface area contributed by atoms with Crippen LogP contribution in [0.2, 0.25) is 0 Å². The molecule has 2 aromatic carbocycles. The molecule has 0 radical (unpaired) electrons. The van der Waals surface area contributed by atoms with E-state index in [4.69, 9.17) is 5.73 Å². The zero-order valence-corrected chi connectivity index (χ0v) is 16.9. The maximum absolute atomic E-state index is 14.8. The van der Waals surface area contributed by atoms with Gasteiger partial charge in [-0.2, -0.15) is 4.31 Å². The maximum Gasteiger partial charge on any atom is 0.246 e. The summed E-state index contributed by atoms with van der Waals surface area (Å²) in [6.07, 6.45) is 4.38. The molecule has 1 saturated heterocycles. The average Bonchev–Trinajstić information content (AvgIpc) is 3.24. The quantitative estimate of drug-likeness (QED) is 0.647. The minimum Gasteiger partial charge on any atom is -0.395 e. The fraction of sp³-hybridized carbons (Fsp3) is 0.238. The molecular weight excluding hydrogens is 407 g/mol. The summed E-state index contributed by atoms with van der Waals surface area (Å²) in [4.78, 5) is 7.56. The number of nitrogens with zero attached hydrogens (tertiary/aromatic N) is 3. The van der Waals surface area contributed by atoms with Gasteiger partial charge in [-0.3, -0.25) is 0 Å². The Morgan fingerprint density at radius 1 is 1.07 bits per heavy atom. The molecular formula is C21H21FN4O3S. The van der Waals surface area contributed by atoms with Crippen LogP contribution in [-0.4, -0.2) is 47.0 Å². The van der Waals surface area contributed by atoms with Crippen LogP contribution in [0.1, 0.15) is 12.8 Å². The molecule has 0 amide bonds. The van der Waals surface area contributed by atoms with Crippen LogP contribution >= 0.6 is 0 Å². The second kappa shape index (κ2) is 8.10. The molecule has 0 aliphatic carbocycles. The highest BCUT2D eigenvalue weighted by Gasteiger charge is 2.37. The summed E-state index contributed by atoms with van der Waals surface area (Å²) in [5.41, 5.74) is 7.93. The lowest BCUT2D eigenvalue weighted by molar-refractivity contribution is 0.213. The van der Waals surface area contributed by atoms with Crippen molar-refractivity contribution in [1.82, 2.24) is 14.3 Å². The van der Waals surface area contributed by atoms with E-state index in [9.17, 15) is 17.9 Å². The summed E-state index contributed by atoms with van der Waals surface area (Å²) in [5, 5.41) is 9.54. The van der Waals surface area contributed by atoms with Crippen molar-refractivity contribution in [2.45, 2.75) is 23.8 Å². The van der Waals surface area contributed by atoms with Crippen LogP contribution < -0.4 is 5.73 Å². The number of hydrogen-bond donors (Lipinski definition) is 2. The molecule has 1 aliphatic heterocycles. The number of aliphatic hydroxyl groups excluding tert-OH is 1. The van der Waals surface area contributed by atoms with Gasteiger partial charge in [0.1, 0.15) is 10.7 Å². The SMILES string of the molecule is Nc1ncc(-c2ccc(-c3cccc(F)c3S(=O)(=O)N3CCC[C@H]3CO)cc2)cn1. The van der Waals surface area contributed by atoms with Crippen LogP contribution in [0.5, 0.6) is 0 Å². The highest BCUT2D eigenvalue weighted by molar-refractivity contribution is 7.89. The molecule has 30 heavy (non-hydrogen) atoms. The number of aliphatic hydroxyl groups is 1. The Morgan fingerprint density at radius 2 is 1.73 bits per heavy atom. The number of anilines is 1. The van der Waals surface area contributed by atoms with Gasteiger partial charge in [-0.1, -0.05) is 36.4 Å². The number of benzene rings is 2. The first-order chi connectivity index (χ1) is 14.4. The van der Waals surface area contributed by atoms with E-state index in [1.807, 2.05) is 0 Å². The van der Waals surface area contributed by atoms with Crippen LogP contribution in [0.3, 0.4) is 0 Å². The highest BCUT2D eigenvalue weighted by Crippen LogP contribution is 2.35. The fourth-order valence-corrected chi connectivity index (χ4v) is 5.70. The molecule has 1 fully saturated rings. The summed E-state index contributed by atoms with van der Waals surface area (Å²) < 4.78 is 42.6. The molecule has 0 bridgehead atoms. The van der Waals surface area contributed by atoms with Crippen LogP contribution in [0.25, 0.3) is 22.3 Å². The van der Waals surface area contributed by atoms with Crippen molar-refractivity contribution >= 4 is 16.0 Å². The number of nitrogens with two attached hydrogens (primary N) is 1. The summed E-state index contributed by atoms with van der Waals surface area (Å²) in [6.45, 7) is -0.0290. The van der Waals surface area contributed by atoms with Crippen LogP contribution in [0.4, 0.5) is 10.3 Å². The van der Waals surface area contributed by atoms with Gasteiger partial charge < -0.3 is 10.8 Å². The van der Waals surface area contributed by atoms with Crippen molar-refractivity contribution in [1.29, 1.82) is 0 Å². The topological polar surface area (TPSA) is 109 Å². The van der Waals surface area contributed by atoms with Crippen molar-refractivity contribution in [2.75, 3.05) is 18.9 Å². The summed E-state index contributed by atoms with van der Waals surface area (Å²) in [7, 11) is -4.11. The third-order valence-corrected chi connectivity index (χ3v) is 7.30. The van der Waals surface area contributed by atoms with E-state index < -0.39 is 21.9 Å². The lowest BCUT2D eigenvalue weighted by Gasteiger charge is -2.24. The Balaban J connectivity index is 1.76. The normalized spacial score (nSPS) is 17.3. The van der Waals surface area contributed by atoms with Crippen LogP contribution in [0.15, 0.2) is 59.8 Å². The maximum atomic E-state index is 14.8. The smallest absolute Gasteiger partial charge is 0.246 e. The van der Waals surface area contributed by atoms with Gasteiger partial charge >= 0.3 is 0 Å². The lowest BCUT2D eigenvalue weighted by atomic mass is 10.0. The van der Waals surface area contributed by atoms with Crippen molar-refractivity contribution in [3.05, 3.63) is 60.7 Å². The number of halogens is 1. The standard InChI is InChI=1S/C21H21FN4O3S/c22-19-5-1-4-18(20(19)30(28,29)26-10-2-3-17(26)13-27)15-8-6-14(7-9-15)16-11-24-21(23)25-12-16/h1,4-9,11-12,17,27H,2-3,10,13H2,(H2,23,24,25)/t17-/m0/s1. The van der Waals surface area contributed by atoms with E-state index in [-0.39, 0.29) is 29.6 Å². The van der Waals surface area contributed by atoms with Crippen LogP contribution in [0, 0.1) is 5.82 Å². The molecule has 0 saturated carbocycles. The first-order valence-corrected chi connectivity index (χ1v) is 11.0. The summed E-state index contributed by atoms with van der Waals surface area (Å²) in [5.74, 6) is -0.639.